The van der Waals surface area contributed by atoms with Crippen molar-refractivity contribution in [2.75, 3.05) is 12.4 Å². The van der Waals surface area contributed by atoms with Crippen LogP contribution in [0.3, 0.4) is 0 Å². The Kier molecular flexibility index (Phi) is 4.76. The SMILES string of the molecule is COc1ccccc1NC(=O)C1=C(C)NC(=O)N[C@H]1c1cc(C)cs1. The zero-order chi connectivity index (χ0) is 18.0. The first kappa shape index (κ1) is 17.0. The molecule has 2 aromatic rings. The van der Waals surface area contributed by atoms with Gasteiger partial charge in [0.15, 0.2) is 0 Å². The van der Waals surface area contributed by atoms with E-state index < -0.39 is 6.04 Å². The van der Waals surface area contributed by atoms with Crippen LogP contribution in [0.4, 0.5) is 10.5 Å². The fourth-order valence-corrected chi connectivity index (χ4v) is 3.71. The van der Waals surface area contributed by atoms with Gasteiger partial charge in [-0.1, -0.05) is 12.1 Å². The van der Waals surface area contributed by atoms with Gasteiger partial charge in [0.25, 0.3) is 5.91 Å². The first-order valence-corrected chi connectivity index (χ1v) is 8.65. The number of para-hydroxylation sites is 2. The van der Waals surface area contributed by atoms with Crippen LogP contribution in [0, 0.1) is 6.92 Å². The first-order chi connectivity index (χ1) is 12.0. The maximum Gasteiger partial charge on any atom is 0.319 e. The van der Waals surface area contributed by atoms with Crippen molar-refractivity contribution < 1.29 is 14.3 Å². The number of thiophene rings is 1. The lowest BCUT2D eigenvalue weighted by Gasteiger charge is -2.27. The summed E-state index contributed by atoms with van der Waals surface area (Å²) >= 11 is 1.51. The van der Waals surface area contributed by atoms with E-state index in [2.05, 4.69) is 16.0 Å². The highest BCUT2D eigenvalue weighted by atomic mass is 32.1. The molecule has 0 aliphatic carbocycles. The third-order valence-electron chi connectivity index (χ3n) is 3.90. The normalized spacial score (nSPS) is 16.9. The summed E-state index contributed by atoms with van der Waals surface area (Å²) in [7, 11) is 1.55. The Morgan fingerprint density at radius 1 is 1.28 bits per heavy atom. The predicted molar refractivity (Wildman–Crippen MR) is 97.8 cm³/mol. The molecular weight excluding hydrogens is 338 g/mol. The summed E-state index contributed by atoms with van der Waals surface area (Å²) in [5.41, 5.74) is 2.68. The first-order valence-electron chi connectivity index (χ1n) is 7.77. The summed E-state index contributed by atoms with van der Waals surface area (Å²) in [5.74, 6) is 0.288. The minimum Gasteiger partial charge on any atom is -0.495 e. The van der Waals surface area contributed by atoms with Gasteiger partial charge in [-0.25, -0.2) is 4.79 Å². The fraction of sp³-hybridized carbons (Fsp3) is 0.222. The van der Waals surface area contributed by atoms with Crippen LogP contribution >= 0.6 is 11.3 Å². The molecule has 7 heteroatoms. The Bertz CT molecular complexity index is 857. The van der Waals surface area contributed by atoms with Gasteiger partial charge in [0.1, 0.15) is 5.75 Å². The van der Waals surface area contributed by atoms with Crippen molar-refractivity contribution in [1.29, 1.82) is 0 Å². The summed E-state index contributed by atoms with van der Waals surface area (Å²) in [6.45, 7) is 3.71. The van der Waals surface area contributed by atoms with Crippen LogP contribution in [0.15, 0.2) is 47.0 Å². The number of carbonyl (C=O) groups is 2. The van der Waals surface area contributed by atoms with Crippen molar-refractivity contribution in [3.05, 3.63) is 57.4 Å². The van der Waals surface area contributed by atoms with E-state index in [4.69, 9.17) is 4.74 Å². The number of nitrogens with one attached hydrogen (secondary N) is 3. The van der Waals surface area contributed by atoms with Crippen molar-refractivity contribution in [1.82, 2.24) is 10.6 Å². The van der Waals surface area contributed by atoms with Gasteiger partial charge in [-0.15, -0.1) is 11.3 Å². The van der Waals surface area contributed by atoms with Crippen LogP contribution in [0.5, 0.6) is 5.75 Å². The highest BCUT2D eigenvalue weighted by Gasteiger charge is 2.32. The van der Waals surface area contributed by atoms with Gasteiger partial charge in [0, 0.05) is 10.6 Å². The maximum absolute atomic E-state index is 12.9. The third-order valence-corrected chi connectivity index (χ3v) is 5.02. The van der Waals surface area contributed by atoms with E-state index in [1.54, 1.807) is 26.2 Å². The Morgan fingerprint density at radius 2 is 2.04 bits per heavy atom. The van der Waals surface area contributed by atoms with Gasteiger partial charge in [-0.05, 0) is 43.0 Å². The fourth-order valence-electron chi connectivity index (χ4n) is 2.75. The third kappa shape index (κ3) is 3.51. The molecule has 6 nitrogen and oxygen atoms in total. The quantitative estimate of drug-likeness (QED) is 0.785. The number of rotatable bonds is 4. The van der Waals surface area contributed by atoms with E-state index >= 15 is 0 Å². The molecule has 25 heavy (non-hydrogen) atoms. The number of amides is 3. The summed E-state index contributed by atoms with van der Waals surface area (Å²) in [6, 6.07) is 8.37. The number of hydrogen-bond acceptors (Lipinski definition) is 4. The molecule has 0 unspecified atom stereocenters. The molecule has 0 radical (unpaired) electrons. The number of urea groups is 1. The van der Waals surface area contributed by atoms with E-state index in [9.17, 15) is 9.59 Å². The molecule has 3 amide bonds. The smallest absolute Gasteiger partial charge is 0.319 e. The van der Waals surface area contributed by atoms with Gasteiger partial charge in [0.05, 0.1) is 24.4 Å². The lowest BCUT2D eigenvalue weighted by atomic mass is 10.00. The molecule has 130 valence electrons. The number of allylic oxidation sites excluding steroid dienone is 1. The van der Waals surface area contributed by atoms with Crippen LogP contribution in [-0.4, -0.2) is 19.0 Å². The molecule has 0 bridgehead atoms. The number of aryl methyl sites for hydroxylation is 1. The molecule has 1 aliphatic rings. The topological polar surface area (TPSA) is 79.5 Å². The van der Waals surface area contributed by atoms with Crippen molar-refractivity contribution in [2.24, 2.45) is 0 Å². The second-order valence-electron chi connectivity index (χ2n) is 5.75. The molecule has 2 heterocycles. The van der Waals surface area contributed by atoms with E-state index in [-0.39, 0.29) is 11.9 Å². The van der Waals surface area contributed by atoms with Crippen molar-refractivity contribution >= 4 is 29.0 Å². The van der Waals surface area contributed by atoms with Crippen LogP contribution in [0.25, 0.3) is 0 Å². The number of anilines is 1. The van der Waals surface area contributed by atoms with Crippen molar-refractivity contribution in [3.8, 4) is 5.75 Å². The van der Waals surface area contributed by atoms with Crippen molar-refractivity contribution in [3.63, 3.8) is 0 Å². The second kappa shape index (κ2) is 6.98. The van der Waals surface area contributed by atoms with Crippen molar-refractivity contribution in [2.45, 2.75) is 19.9 Å². The predicted octanol–water partition coefficient (Wildman–Crippen LogP) is 3.33. The monoisotopic (exact) mass is 357 g/mol. The molecule has 3 rings (SSSR count). The number of methoxy groups -OCH3 is 1. The number of carbonyl (C=O) groups excluding carboxylic acids is 2. The van der Waals surface area contributed by atoms with Crippen LogP contribution in [0.2, 0.25) is 0 Å². The largest absolute Gasteiger partial charge is 0.495 e. The van der Waals surface area contributed by atoms with E-state index in [0.29, 0.717) is 22.7 Å². The average molecular weight is 357 g/mol. The second-order valence-corrected chi connectivity index (χ2v) is 6.69. The van der Waals surface area contributed by atoms with Crippen LogP contribution in [-0.2, 0) is 4.79 Å². The number of benzene rings is 1. The minimum atomic E-state index is -0.484. The highest BCUT2D eigenvalue weighted by Crippen LogP contribution is 2.32. The Labute approximate surface area is 149 Å². The molecule has 1 atom stereocenters. The average Bonchev–Trinajstić information content (AvgIpc) is 3.01. The molecule has 1 aromatic heterocycles. The zero-order valence-corrected chi connectivity index (χ0v) is 15.0. The molecule has 1 aromatic carbocycles. The van der Waals surface area contributed by atoms with Gasteiger partial charge < -0.3 is 20.7 Å². The molecule has 0 saturated heterocycles. The van der Waals surface area contributed by atoms with E-state index in [1.165, 1.54) is 11.3 Å². The summed E-state index contributed by atoms with van der Waals surface area (Å²) in [5, 5.41) is 10.4. The lowest BCUT2D eigenvalue weighted by Crippen LogP contribution is -2.45. The zero-order valence-electron chi connectivity index (χ0n) is 14.2. The molecule has 0 fully saturated rings. The highest BCUT2D eigenvalue weighted by molar-refractivity contribution is 7.10. The lowest BCUT2D eigenvalue weighted by molar-refractivity contribution is -0.113. The molecule has 3 N–H and O–H groups in total. The van der Waals surface area contributed by atoms with Crippen LogP contribution < -0.4 is 20.7 Å². The molecular formula is C18H19N3O3S. The van der Waals surface area contributed by atoms with E-state index in [0.717, 1.165) is 10.4 Å². The standard InChI is InChI=1S/C18H19N3O3S/c1-10-8-14(25-9-10)16-15(11(2)19-18(23)21-16)17(22)20-12-6-4-5-7-13(12)24-3/h4-9,16H,1-3H3,(H,20,22)(H2,19,21,23)/t16-/m0/s1. The minimum absolute atomic E-state index is 0.287. The molecule has 0 spiro atoms. The summed E-state index contributed by atoms with van der Waals surface area (Å²) < 4.78 is 5.28. The van der Waals surface area contributed by atoms with Gasteiger partial charge in [-0.2, -0.15) is 0 Å². The molecule has 1 aliphatic heterocycles. The summed E-state index contributed by atoms with van der Waals surface area (Å²) in [6.07, 6.45) is 0. The Balaban J connectivity index is 1.95. The van der Waals surface area contributed by atoms with Gasteiger partial charge in [-0.3, -0.25) is 4.79 Å². The van der Waals surface area contributed by atoms with Gasteiger partial charge >= 0.3 is 6.03 Å². The Morgan fingerprint density at radius 3 is 2.72 bits per heavy atom. The maximum atomic E-state index is 12.9. The summed E-state index contributed by atoms with van der Waals surface area (Å²) in [4.78, 5) is 25.7. The number of ether oxygens (including phenoxy) is 1. The Hall–Kier alpha value is -2.80. The van der Waals surface area contributed by atoms with E-state index in [1.807, 2.05) is 30.5 Å². The number of hydrogen-bond donors (Lipinski definition) is 3. The van der Waals surface area contributed by atoms with Crippen LogP contribution in [0.1, 0.15) is 23.4 Å². The van der Waals surface area contributed by atoms with Gasteiger partial charge in [0.2, 0.25) is 0 Å². The molecule has 0 saturated carbocycles.